The zero-order valence-electron chi connectivity index (χ0n) is 7.77. The lowest BCUT2D eigenvalue weighted by molar-refractivity contribution is 0.177. The summed E-state index contributed by atoms with van der Waals surface area (Å²) in [6.45, 7) is 4.49. The second kappa shape index (κ2) is 3.47. The molecule has 0 saturated carbocycles. The highest BCUT2D eigenvalue weighted by atomic mass is 16.3. The molecule has 2 atom stereocenters. The Hall–Kier alpha value is -0.870. The molecule has 0 radical (unpaired) electrons. The summed E-state index contributed by atoms with van der Waals surface area (Å²) in [5, 5.41) is 17.0. The smallest absolute Gasteiger partial charge is 0.0746 e. The average molecular weight is 181 g/mol. The number of β-amino-alcohol motifs (C(OH)–C–C–N with tert-alkyl or cyclic N) is 1. The Kier molecular flexibility index (Phi) is 2.33. The molecule has 2 unspecified atom stereocenters. The minimum absolute atomic E-state index is 0.222. The van der Waals surface area contributed by atoms with Crippen molar-refractivity contribution in [2.24, 2.45) is 0 Å². The number of nitrogens with one attached hydrogen (secondary N) is 1. The normalized spacial score (nSPS) is 28.2. The van der Waals surface area contributed by atoms with Crippen molar-refractivity contribution in [3.63, 3.8) is 0 Å². The molecule has 1 aromatic heterocycles. The summed E-state index contributed by atoms with van der Waals surface area (Å²) in [5.74, 6) is 0.222. The van der Waals surface area contributed by atoms with Gasteiger partial charge in [0.2, 0.25) is 0 Å². The standard InChI is InChI=1S/C9H15N3O/c1-2-12-6-7(3-11-12)8-4-10-5-9(8)13/h3,6,8-10,13H,2,4-5H2,1H3. The molecule has 1 saturated heterocycles. The Labute approximate surface area is 77.6 Å². The number of aromatic nitrogens is 2. The van der Waals surface area contributed by atoms with E-state index in [0.717, 1.165) is 18.7 Å². The third-order valence-electron chi connectivity index (χ3n) is 2.59. The van der Waals surface area contributed by atoms with Crippen LogP contribution in [-0.4, -0.2) is 34.1 Å². The highest BCUT2D eigenvalue weighted by molar-refractivity contribution is 5.16. The fraction of sp³-hybridized carbons (Fsp3) is 0.667. The first kappa shape index (κ1) is 8.72. The molecule has 72 valence electrons. The van der Waals surface area contributed by atoms with Crippen molar-refractivity contribution in [3.8, 4) is 0 Å². The number of rotatable bonds is 2. The van der Waals surface area contributed by atoms with Crippen molar-refractivity contribution in [2.45, 2.75) is 25.5 Å². The van der Waals surface area contributed by atoms with E-state index in [-0.39, 0.29) is 12.0 Å². The molecule has 1 fully saturated rings. The van der Waals surface area contributed by atoms with Gasteiger partial charge in [-0.3, -0.25) is 4.68 Å². The number of hydrogen-bond acceptors (Lipinski definition) is 3. The van der Waals surface area contributed by atoms with Crippen molar-refractivity contribution in [3.05, 3.63) is 18.0 Å². The van der Waals surface area contributed by atoms with Crippen LogP contribution in [0.1, 0.15) is 18.4 Å². The molecule has 1 aliphatic heterocycles. The molecule has 0 bridgehead atoms. The maximum absolute atomic E-state index is 9.62. The van der Waals surface area contributed by atoms with Crippen LogP contribution < -0.4 is 5.32 Å². The summed E-state index contributed by atoms with van der Waals surface area (Å²) in [5.41, 5.74) is 1.14. The van der Waals surface area contributed by atoms with Crippen LogP contribution in [0.2, 0.25) is 0 Å². The van der Waals surface area contributed by atoms with Gasteiger partial charge >= 0.3 is 0 Å². The van der Waals surface area contributed by atoms with Gasteiger partial charge in [0.05, 0.1) is 12.3 Å². The van der Waals surface area contributed by atoms with Gasteiger partial charge in [-0.2, -0.15) is 5.10 Å². The van der Waals surface area contributed by atoms with Crippen molar-refractivity contribution in [1.29, 1.82) is 0 Å². The predicted molar refractivity (Wildman–Crippen MR) is 49.5 cm³/mol. The Morgan fingerprint density at radius 1 is 1.69 bits per heavy atom. The first-order valence-corrected chi connectivity index (χ1v) is 4.72. The van der Waals surface area contributed by atoms with E-state index in [2.05, 4.69) is 17.3 Å². The second-order valence-electron chi connectivity index (χ2n) is 3.46. The van der Waals surface area contributed by atoms with E-state index in [1.165, 1.54) is 0 Å². The first-order valence-electron chi connectivity index (χ1n) is 4.72. The molecule has 0 spiro atoms. The zero-order chi connectivity index (χ0) is 9.26. The highest BCUT2D eigenvalue weighted by Gasteiger charge is 2.27. The van der Waals surface area contributed by atoms with Crippen LogP contribution in [0.25, 0.3) is 0 Å². The van der Waals surface area contributed by atoms with Crippen LogP contribution in [0.15, 0.2) is 12.4 Å². The van der Waals surface area contributed by atoms with Gasteiger partial charge in [0.1, 0.15) is 0 Å². The summed E-state index contributed by atoms with van der Waals surface area (Å²) in [6.07, 6.45) is 3.61. The van der Waals surface area contributed by atoms with E-state index in [1.807, 2.05) is 17.1 Å². The van der Waals surface area contributed by atoms with E-state index in [4.69, 9.17) is 0 Å². The third-order valence-corrected chi connectivity index (χ3v) is 2.59. The Morgan fingerprint density at radius 3 is 3.08 bits per heavy atom. The molecule has 0 aromatic carbocycles. The molecule has 2 N–H and O–H groups in total. The van der Waals surface area contributed by atoms with E-state index in [1.54, 1.807) is 0 Å². The molecule has 4 heteroatoms. The maximum Gasteiger partial charge on any atom is 0.0746 e. The molecule has 4 nitrogen and oxygen atoms in total. The zero-order valence-corrected chi connectivity index (χ0v) is 7.77. The van der Waals surface area contributed by atoms with Gasteiger partial charge in [-0.25, -0.2) is 0 Å². The average Bonchev–Trinajstić information content (AvgIpc) is 2.71. The van der Waals surface area contributed by atoms with Crippen molar-refractivity contribution < 1.29 is 5.11 Å². The van der Waals surface area contributed by atoms with Gasteiger partial charge in [-0.15, -0.1) is 0 Å². The summed E-state index contributed by atoms with van der Waals surface area (Å²) >= 11 is 0. The van der Waals surface area contributed by atoms with E-state index >= 15 is 0 Å². The number of aryl methyl sites for hydroxylation is 1. The van der Waals surface area contributed by atoms with Crippen LogP contribution in [0.5, 0.6) is 0 Å². The number of nitrogens with zero attached hydrogens (tertiary/aromatic N) is 2. The molecule has 2 heterocycles. The third kappa shape index (κ3) is 1.59. The van der Waals surface area contributed by atoms with Gasteiger partial charge in [0.25, 0.3) is 0 Å². The molecular formula is C9H15N3O. The molecular weight excluding hydrogens is 166 g/mol. The molecule has 1 aromatic rings. The molecule has 13 heavy (non-hydrogen) atoms. The van der Waals surface area contributed by atoms with Crippen LogP contribution in [0.3, 0.4) is 0 Å². The topological polar surface area (TPSA) is 50.1 Å². The fourth-order valence-electron chi connectivity index (χ4n) is 1.75. The molecule has 1 aliphatic rings. The lowest BCUT2D eigenvalue weighted by Crippen LogP contribution is -2.15. The van der Waals surface area contributed by atoms with Gasteiger partial charge in [0, 0.05) is 31.7 Å². The number of aliphatic hydroxyl groups is 1. The van der Waals surface area contributed by atoms with Crippen LogP contribution >= 0.6 is 0 Å². The Morgan fingerprint density at radius 2 is 2.54 bits per heavy atom. The summed E-state index contributed by atoms with van der Waals surface area (Å²) in [6, 6.07) is 0. The van der Waals surface area contributed by atoms with Gasteiger partial charge in [-0.1, -0.05) is 0 Å². The van der Waals surface area contributed by atoms with Crippen LogP contribution in [0.4, 0.5) is 0 Å². The van der Waals surface area contributed by atoms with Crippen molar-refractivity contribution in [2.75, 3.05) is 13.1 Å². The van der Waals surface area contributed by atoms with E-state index in [9.17, 15) is 5.11 Å². The highest BCUT2D eigenvalue weighted by Crippen LogP contribution is 2.21. The van der Waals surface area contributed by atoms with Gasteiger partial charge in [-0.05, 0) is 12.5 Å². The first-order chi connectivity index (χ1) is 6.31. The Bertz CT molecular complexity index is 284. The lowest BCUT2D eigenvalue weighted by atomic mass is 10.00. The van der Waals surface area contributed by atoms with Gasteiger partial charge in [0.15, 0.2) is 0 Å². The summed E-state index contributed by atoms with van der Waals surface area (Å²) < 4.78 is 1.89. The summed E-state index contributed by atoms with van der Waals surface area (Å²) in [7, 11) is 0. The minimum atomic E-state index is -0.255. The fourth-order valence-corrected chi connectivity index (χ4v) is 1.75. The maximum atomic E-state index is 9.62. The van der Waals surface area contributed by atoms with E-state index in [0.29, 0.717) is 6.54 Å². The summed E-state index contributed by atoms with van der Waals surface area (Å²) in [4.78, 5) is 0. The quantitative estimate of drug-likeness (QED) is 0.672. The number of hydrogen-bond donors (Lipinski definition) is 2. The molecule has 0 amide bonds. The van der Waals surface area contributed by atoms with Crippen molar-refractivity contribution >= 4 is 0 Å². The largest absolute Gasteiger partial charge is 0.391 e. The number of aliphatic hydroxyl groups excluding tert-OH is 1. The lowest BCUT2D eigenvalue weighted by Gasteiger charge is -2.09. The van der Waals surface area contributed by atoms with Gasteiger partial charge < -0.3 is 10.4 Å². The monoisotopic (exact) mass is 181 g/mol. The van der Waals surface area contributed by atoms with Crippen LogP contribution in [0, 0.1) is 0 Å². The minimum Gasteiger partial charge on any atom is -0.391 e. The second-order valence-corrected chi connectivity index (χ2v) is 3.46. The Balaban J connectivity index is 2.15. The molecule has 2 rings (SSSR count). The van der Waals surface area contributed by atoms with Crippen LogP contribution in [-0.2, 0) is 6.54 Å². The molecule has 0 aliphatic carbocycles. The van der Waals surface area contributed by atoms with Crippen molar-refractivity contribution in [1.82, 2.24) is 15.1 Å². The van der Waals surface area contributed by atoms with E-state index < -0.39 is 0 Å². The SMILES string of the molecule is CCn1cc(C2CNCC2O)cn1. The predicted octanol–water partition coefficient (Wildman–Crippen LogP) is -0.0493.